The highest BCUT2D eigenvalue weighted by atomic mass is 32.2. The number of hydrogen-bond donors (Lipinski definition) is 2. The van der Waals surface area contributed by atoms with Crippen molar-refractivity contribution in [2.24, 2.45) is 0 Å². The van der Waals surface area contributed by atoms with Crippen LogP contribution in [0, 0.1) is 0 Å². The highest BCUT2D eigenvalue weighted by Gasteiger charge is 2.15. The summed E-state index contributed by atoms with van der Waals surface area (Å²) in [6.07, 6.45) is 2.65. The van der Waals surface area contributed by atoms with Crippen LogP contribution < -0.4 is 10.1 Å². The van der Waals surface area contributed by atoms with Crippen LogP contribution >= 0.6 is 23.1 Å². The number of aliphatic hydroxyl groups excluding tert-OH is 1. The summed E-state index contributed by atoms with van der Waals surface area (Å²) in [4.78, 5) is 21.9. The van der Waals surface area contributed by atoms with Crippen molar-refractivity contribution in [1.29, 1.82) is 0 Å². The number of hydrogen-bond acceptors (Lipinski definition) is 7. The van der Waals surface area contributed by atoms with E-state index in [9.17, 15) is 9.90 Å². The summed E-state index contributed by atoms with van der Waals surface area (Å²) in [7, 11) is 0. The first-order valence-corrected chi connectivity index (χ1v) is 11.5. The number of amides is 1. The van der Waals surface area contributed by atoms with E-state index in [0.717, 1.165) is 32.1 Å². The molecule has 2 heterocycles. The molecule has 1 aromatic carbocycles. The van der Waals surface area contributed by atoms with E-state index in [4.69, 9.17) is 4.74 Å². The van der Waals surface area contributed by atoms with Crippen molar-refractivity contribution in [1.82, 2.24) is 15.3 Å². The van der Waals surface area contributed by atoms with Gasteiger partial charge in [0.15, 0.2) is 0 Å². The Kier molecular flexibility index (Phi) is 7.85. The molecule has 0 fully saturated rings. The molecule has 8 heteroatoms. The van der Waals surface area contributed by atoms with Crippen LogP contribution in [-0.2, 0) is 4.79 Å². The third-order valence-electron chi connectivity index (χ3n) is 4.46. The number of aliphatic hydroxyl groups is 1. The second kappa shape index (κ2) is 10.6. The molecular weight excluding hydrogens is 406 g/mol. The van der Waals surface area contributed by atoms with E-state index < -0.39 is 0 Å². The van der Waals surface area contributed by atoms with Gasteiger partial charge in [-0.2, -0.15) is 0 Å². The molecule has 1 unspecified atom stereocenters. The number of nitrogens with one attached hydrogen (secondary N) is 1. The van der Waals surface area contributed by atoms with Gasteiger partial charge in [-0.3, -0.25) is 4.79 Å². The normalized spacial score (nSPS) is 12.1. The highest BCUT2D eigenvalue weighted by molar-refractivity contribution is 7.99. The zero-order valence-electron chi connectivity index (χ0n) is 16.6. The number of ether oxygens (including phenoxy) is 1. The highest BCUT2D eigenvalue weighted by Crippen LogP contribution is 2.38. The van der Waals surface area contributed by atoms with Gasteiger partial charge in [0.2, 0.25) is 5.91 Å². The molecule has 29 heavy (non-hydrogen) atoms. The Morgan fingerprint density at radius 2 is 2.07 bits per heavy atom. The summed E-state index contributed by atoms with van der Waals surface area (Å²) >= 11 is 3.14. The standard InChI is InChI=1S/C21H25N3O3S2/c1-3-15(11-25)24-18(26)9-10-28-20-19-17(12-29-21(19)23-13-22-20)14-5-7-16(8-6-14)27-4-2/h5-8,12-13,15,25H,3-4,9-11H2,1-2H3,(H,24,26). The van der Waals surface area contributed by atoms with Crippen molar-refractivity contribution in [3.63, 3.8) is 0 Å². The molecule has 0 radical (unpaired) electrons. The maximum absolute atomic E-state index is 12.1. The van der Waals surface area contributed by atoms with E-state index in [2.05, 4.69) is 20.7 Å². The molecule has 1 amide bonds. The zero-order chi connectivity index (χ0) is 20.6. The van der Waals surface area contributed by atoms with Gasteiger partial charge in [-0.1, -0.05) is 19.1 Å². The molecule has 6 nitrogen and oxygen atoms in total. The number of carbonyl (C=O) groups excluding carboxylic acids is 1. The Bertz CT molecular complexity index is 940. The molecule has 0 spiro atoms. The van der Waals surface area contributed by atoms with Gasteiger partial charge >= 0.3 is 0 Å². The molecule has 0 aliphatic heterocycles. The minimum atomic E-state index is -0.179. The lowest BCUT2D eigenvalue weighted by molar-refractivity contribution is -0.121. The van der Waals surface area contributed by atoms with Crippen molar-refractivity contribution in [2.75, 3.05) is 19.0 Å². The number of thioether (sulfide) groups is 1. The maximum atomic E-state index is 12.1. The minimum absolute atomic E-state index is 0.0394. The molecule has 0 aliphatic carbocycles. The van der Waals surface area contributed by atoms with E-state index in [1.165, 1.54) is 0 Å². The van der Waals surface area contributed by atoms with Gasteiger partial charge in [-0.15, -0.1) is 23.1 Å². The average molecular weight is 432 g/mol. The maximum Gasteiger partial charge on any atom is 0.221 e. The Morgan fingerprint density at radius 1 is 1.28 bits per heavy atom. The van der Waals surface area contributed by atoms with Gasteiger partial charge in [0.25, 0.3) is 0 Å². The number of benzene rings is 1. The fourth-order valence-corrected chi connectivity index (χ4v) is 4.82. The minimum Gasteiger partial charge on any atom is -0.494 e. The van der Waals surface area contributed by atoms with Gasteiger partial charge in [0.1, 0.15) is 21.9 Å². The number of aromatic nitrogens is 2. The predicted molar refractivity (Wildman–Crippen MR) is 119 cm³/mol. The summed E-state index contributed by atoms with van der Waals surface area (Å²) < 4.78 is 5.53. The zero-order valence-corrected chi connectivity index (χ0v) is 18.2. The Balaban J connectivity index is 1.74. The Labute approximate surface area is 178 Å². The van der Waals surface area contributed by atoms with Crippen LogP contribution in [0.1, 0.15) is 26.7 Å². The molecule has 0 aliphatic rings. The first-order valence-electron chi connectivity index (χ1n) is 9.64. The van der Waals surface area contributed by atoms with Crippen molar-refractivity contribution in [3.8, 4) is 16.9 Å². The quantitative estimate of drug-likeness (QED) is 0.371. The summed E-state index contributed by atoms with van der Waals surface area (Å²) in [5.74, 6) is 1.40. The second-order valence-electron chi connectivity index (χ2n) is 6.42. The molecule has 3 rings (SSSR count). The first kappa shape index (κ1) is 21.5. The van der Waals surface area contributed by atoms with Gasteiger partial charge < -0.3 is 15.2 Å². The fraction of sp³-hybridized carbons (Fsp3) is 0.381. The van der Waals surface area contributed by atoms with Gasteiger partial charge in [-0.05, 0) is 31.0 Å². The van der Waals surface area contributed by atoms with Gasteiger partial charge in [0.05, 0.1) is 24.6 Å². The lowest BCUT2D eigenvalue weighted by Crippen LogP contribution is -2.37. The van der Waals surface area contributed by atoms with Gasteiger partial charge in [0, 0.05) is 23.1 Å². The number of thiophene rings is 1. The van der Waals surface area contributed by atoms with Crippen molar-refractivity contribution >= 4 is 39.2 Å². The second-order valence-corrected chi connectivity index (χ2v) is 8.36. The van der Waals surface area contributed by atoms with Crippen LogP contribution in [0.4, 0.5) is 0 Å². The van der Waals surface area contributed by atoms with Crippen LogP contribution in [0.15, 0.2) is 41.0 Å². The van der Waals surface area contributed by atoms with Crippen LogP contribution in [-0.4, -0.2) is 46.0 Å². The SMILES string of the molecule is CCOc1ccc(-c2csc3ncnc(SCCC(=O)NC(CC)CO)c23)cc1. The molecular formula is C21H25N3O3S2. The van der Waals surface area contributed by atoms with Crippen LogP contribution in [0.3, 0.4) is 0 Å². The lowest BCUT2D eigenvalue weighted by atomic mass is 10.1. The van der Waals surface area contributed by atoms with E-state index in [-0.39, 0.29) is 18.6 Å². The van der Waals surface area contributed by atoms with Crippen LogP contribution in [0.5, 0.6) is 5.75 Å². The molecule has 0 bridgehead atoms. The lowest BCUT2D eigenvalue weighted by Gasteiger charge is -2.13. The molecule has 3 aromatic rings. The summed E-state index contributed by atoms with van der Waals surface area (Å²) in [5.41, 5.74) is 2.18. The fourth-order valence-electron chi connectivity index (χ4n) is 2.88. The van der Waals surface area contributed by atoms with E-state index >= 15 is 0 Å². The van der Waals surface area contributed by atoms with E-state index in [0.29, 0.717) is 25.2 Å². The van der Waals surface area contributed by atoms with Crippen LogP contribution in [0.2, 0.25) is 0 Å². The predicted octanol–water partition coefficient (Wildman–Crippen LogP) is 4.13. The molecule has 154 valence electrons. The largest absolute Gasteiger partial charge is 0.494 e. The molecule has 0 saturated carbocycles. The van der Waals surface area contributed by atoms with E-state index in [1.54, 1.807) is 29.4 Å². The van der Waals surface area contributed by atoms with Gasteiger partial charge in [-0.25, -0.2) is 9.97 Å². The first-order chi connectivity index (χ1) is 14.2. The topological polar surface area (TPSA) is 84.3 Å². The number of nitrogens with zero attached hydrogens (tertiary/aromatic N) is 2. The third-order valence-corrected chi connectivity index (χ3v) is 6.34. The Hall–Kier alpha value is -2.16. The number of fused-ring (bicyclic) bond motifs is 1. The smallest absolute Gasteiger partial charge is 0.221 e. The van der Waals surface area contributed by atoms with Crippen molar-refractivity contribution in [3.05, 3.63) is 36.0 Å². The van der Waals surface area contributed by atoms with Crippen LogP contribution in [0.25, 0.3) is 21.3 Å². The average Bonchev–Trinajstić information content (AvgIpc) is 3.18. The Morgan fingerprint density at radius 3 is 2.76 bits per heavy atom. The van der Waals surface area contributed by atoms with Crippen molar-refractivity contribution in [2.45, 2.75) is 37.8 Å². The molecule has 2 N–H and O–H groups in total. The molecule has 0 saturated heterocycles. The summed E-state index contributed by atoms with van der Waals surface area (Å²) in [6, 6.07) is 7.84. The number of carbonyl (C=O) groups is 1. The molecule has 2 aromatic heterocycles. The van der Waals surface area contributed by atoms with E-state index in [1.807, 2.05) is 38.1 Å². The monoisotopic (exact) mass is 431 g/mol. The summed E-state index contributed by atoms with van der Waals surface area (Å²) in [6.45, 7) is 4.50. The number of rotatable bonds is 10. The molecule has 1 atom stereocenters. The van der Waals surface area contributed by atoms with Crippen molar-refractivity contribution < 1.29 is 14.6 Å². The summed E-state index contributed by atoms with van der Waals surface area (Å²) in [5, 5.41) is 16.1. The third kappa shape index (κ3) is 5.46.